The molecule has 3 aromatic carbocycles. The summed E-state index contributed by atoms with van der Waals surface area (Å²) >= 11 is 12.2. The molecule has 4 aromatic rings. The molecule has 1 heterocycles. The topological polar surface area (TPSA) is 37.0 Å². The number of aromatic nitrogens is 1. The first-order valence-electron chi connectivity index (χ1n) is 9.60. The Morgan fingerprint density at radius 1 is 0.900 bits per heavy atom. The summed E-state index contributed by atoms with van der Waals surface area (Å²) in [4.78, 5) is 3.33. The zero-order chi connectivity index (χ0) is 20.1. The summed E-state index contributed by atoms with van der Waals surface area (Å²) in [5.41, 5.74) is 4.63. The van der Waals surface area contributed by atoms with Crippen LogP contribution in [0.5, 0.6) is 5.75 Å². The molecule has 2 N–H and O–H groups in total. The van der Waals surface area contributed by atoms with Gasteiger partial charge in [0, 0.05) is 39.3 Å². The minimum Gasteiger partial charge on any atom is -0.489 e. The summed E-state index contributed by atoms with van der Waals surface area (Å²) in [7, 11) is 0. The number of H-pyrrole nitrogens is 1. The number of para-hydroxylation sites is 1. The fraction of sp³-hybridized carbons (Fsp3) is 0.167. The second-order valence-electron chi connectivity index (χ2n) is 6.96. The Kier molecular flexibility index (Phi) is 8.06. The summed E-state index contributed by atoms with van der Waals surface area (Å²) in [6, 6.07) is 22.0. The van der Waals surface area contributed by atoms with Crippen molar-refractivity contribution in [3.05, 3.63) is 99.7 Å². The molecule has 0 saturated carbocycles. The summed E-state index contributed by atoms with van der Waals surface area (Å²) in [6.07, 6.45) is 3.08. The minimum atomic E-state index is 0. The van der Waals surface area contributed by atoms with Crippen LogP contribution in [0.15, 0.2) is 72.9 Å². The highest BCUT2D eigenvalue weighted by Crippen LogP contribution is 2.23. The average molecular weight is 462 g/mol. The van der Waals surface area contributed by atoms with E-state index in [-0.39, 0.29) is 12.4 Å². The van der Waals surface area contributed by atoms with Crippen molar-refractivity contribution in [3.63, 3.8) is 0 Å². The molecule has 4 rings (SSSR count). The third-order valence-electron chi connectivity index (χ3n) is 4.88. The average Bonchev–Trinajstić information content (AvgIpc) is 3.14. The van der Waals surface area contributed by atoms with Gasteiger partial charge in [-0.2, -0.15) is 0 Å². The van der Waals surface area contributed by atoms with Crippen molar-refractivity contribution in [2.24, 2.45) is 0 Å². The Labute approximate surface area is 192 Å². The Morgan fingerprint density at radius 3 is 2.63 bits per heavy atom. The summed E-state index contributed by atoms with van der Waals surface area (Å²) < 4.78 is 5.91. The fourth-order valence-electron chi connectivity index (χ4n) is 3.34. The van der Waals surface area contributed by atoms with E-state index in [1.54, 1.807) is 6.07 Å². The highest BCUT2D eigenvalue weighted by Gasteiger charge is 2.05. The maximum Gasteiger partial charge on any atom is 0.120 e. The Morgan fingerprint density at radius 2 is 1.77 bits per heavy atom. The van der Waals surface area contributed by atoms with Crippen LogP contribution >= 0.6 is 35.6 Å². The molecule has 0 fully saturated rings. The van der Waals surface area contributed by atoms with E-state index in [4.69, 9.17) is 27.9 Å². The highest BCUT2D eigenvalue weighted by molar-refractivity contribution is 6.35. The first kappa shape index (κ1) is 22.5. The molecule has 156 valence electrons. The molecule has 6 heteroatoms. The molecule has 0 spiro atoms. The molecular weight excluding hydrogens is 439 g/mol. The van der Waals surface area contributed by atoms with E-state index in [9.17, 15) is 0 Å². The van der Waals surface area contributed by atoms with Crippen molar-refractivity contribution in [2.75, 3.05) is 6.54 Å². The Hall–Kier alpha value is -2.17. The molecule has 0 saturated heterocycles. The van der Waals surface area contributed by atoms with Crippen molar-refractivity contribution >= 4 is 46.5 Å². The molecule has 0 bridgehead atoms. The number of nitrogens with one attached hydrogen (secondary N) is 2. The number of fused-ring (bicyclic) bond motifs is 1. The fourth-order valence-corrected chi connectivity index (χ4v) is 3.80. The van der Waals surface area contributed by atoms with Gasteiger partial charge in [0.2, 0.25) is 0 Å². The second kappa shape index (κ2) is 10.7. The second-order valence-corrected chi connectivity index (χ2v) is 7.80. The van der Waals surface area contributed by atoms with Crippen LogP contribution in [0.4, 0.5) is 0 Å². The van der Waals surface area contributed by atoms with Crippen LogP contribution in [0.3, 0.4) is 0 Å². The normalized spacial score (nSPS) is 10.7. The van der Waals surface area contributed by atoms with Crippen LogP contribution in [0.2, 0.25) is 10.0 Å². The number of hydrogen-bond acceptors (Lipinski definition) is 2. The van der Waals surface area contributed by atoms with E-state index in [0.29, 0.717) is 16.7 Å². The van der Waals surface area contributed by atoms with E-state index < -0.39 is 0 Å². The maximum absolute atomic E-state index is 6.21. The molecule has 0 aliphatic rings. The van der Waals surface area contributed by atoms with Crippen LogP contribution in [-0.4, -0.2) is 11.5 Å². The smallest absolute Gasteiger partial charge is 0.120 e. The van der Waals surface area contributed by atoms with E-state index in [0.717, 1.165) is 30.8 Å². The first-order chi connectivity index (χ1) is 14.2. The maximum atomic E-state index is 6.21. The summed E-state index contributed by atoms with van der Waals surface area (Å²) in [5.74, 6) is 0.826. The Balaban J connectivity index is 0.00000256. The summed E-state index contributed by atoms with van der Waals surface area (Å²) in [5, 5.41) is 6.06. The quantitative estimate of drug-likeness (QED) is 0.283. The molecule has 3 nitrogen and oxygen atoms in total. The van der Waals surface area contributed by atoms with Gasteiger partial charge in [-0.3, -0.25) is 0 Å². The number of rotatable bonds is 8. The minimum absolute atomic E-state index is 0. The zero-order valence-corrected chi connectivity index (χ0v) is 18.7. The summed E-state index contributed by atoms with van der Waals surface area (Å²) in [6.45, 7) is 2.11. The lowest BCUT2D eigenvalue weighted by atomic mass is 10.1. The number of ether oxygens (including phenoxy) is 1. The van der Waals surface area contributed by atoms with Gasteiger partial charge in [-0.15, -0.1) is 12.4 Å². The third kappa shape index (κ3) is 5.71. The molecule has 0 amide bonds. The van der Waals surface area contributed by atoms with E-state index in [1.807, 2.05) is 24.3 Å². The van der Waals surface area contributed by atoms with Crippen LogP contribution < -0.4 is 10.1 Å². The SMILES string of the molecule is Cl.Clc1ccc(COc2cccc(CNCCc3c[nH]c4ccccc34)c2)c(Cl)c1. The van der Waals surface area contributed by atoms with E-state index in [2.05, 4.69) is 52.9 Å². The van der Waals surface area contributed by atoms with Gasteiger partial charge in [-0.25, -0.2) is 0 Å². The molecule has 0 atom stereocenters. The van der Waals surface area contributed by atoms with Gasteiger partial charge in [-0.05, 0) is 54.4 Å². The first-order valence-corrected chi connectivity index (χ1v) is 10.4. The van der Waals surface area contributed by atoms with Crippen molar-refractivity contribution in [3.8, 4) is 5.75 Å². The van der Waals surface area contributed by atoms with E-state index >= 15 is 0 Å². The number of halogens is 3. The van der Waals surface area contributed by atoms with Crippen LogP contribution in [0.1, 0.15) is 16.7 Å². The van der Waals surface area contributed by atoms with Gasteiger partial charge in [0.25, 0.3) is 0 Å². The largest absolute Gasteiger partial charge is 0.489 e. The third-order valence-corrected chi connectivity index (χ3v) is 5.47. The molecular formula is C24H23Cl3N2O. The zero-order valence-electron chi connectivity index (χ0n) is 16.3. The molecule has 0 unspecified atom stereocenters. The van der Waals surface area contributed by atoms with Gasteiger partial charge in [0.05, 0.1) is 0 Å². The molecule has 30 heavy (non-hydrogen) atoms. The number of benzene rings is 3. The number of aromatic amines is 1. The predicted molar refractivity (Wildman–Crippen MR) is 128 cm³/mol. The Bertz CT molecular complexity index is 1110. The van der Waals surface area contributed by atoms with Crippen LogP contribution in [0.25, 0.3) is 10.9 Å². The standard InChI is InChI=1S/C24H22Cl2N2O.ClH/c25-20-9-8-19(23(26)13-20)16-29-21-5-3-4-17(12-21)14-27-11-10-18-15-28-24-7-2-1-6-22(18)24;/h1-9,12-13,15,27-28H,10-11,14,16H2;1H. The van der Waals surface area contributed by atoms with Gasteiger partial charge in [0.1, 0.15) is 12.4 Å². The number of hydrogen-bond donors (Lipinski definition) is 2. The van der Waals surface area contributed by atoms with Gasteiger partial charge < -0.3 is 15.0 Å². The highest BCUT2D eigenvalue weighted by atomic mass is 35.5. The van der Waals surface area contributed by atoms with Crippen molar-refractivity contribution in [1.82, 2.24) is 10.3 Å². The van der Waals surface area contributed by atoms with Crippen LogP contribution in [-0.2, 0) is 19.6 Å². The van der Waals surface area contributed by atoms with Crippen molar-refractivity contribution < 1.29 is 4.74 Å². The molecule has 1 aromatic heterocycles. The van der Waals surface area contributed by atoms with Gasteiger partial charge in [-0.1, -0.05) is 59.6 Å². The monoisotopic (exact) mass is 460 g/mol. The molecule has 0 aliphatic heterocycles. The predicted octanol–water partition coefficient (Wildman–Crippen LogP) is 6.81. The lowest BCUT2D eigenvalue weighted by Gasteiger charge is -2.10. The molecule has 0 radical (unpaired) electrons. The van der Waals surface area contributed by atoms with Crippen LogP contribution in [0, 0.1) is 0 Å². The van der Waals surface area contributed by atoms with Crippen molar-refractivity contribution in [1.29, 1.82) is 0 Å². The van der Waals surface area contributed by atoms with Gasteiger partial charge in [0.15, 0.2) is 0 Å². The van der Waals surface area contributed by atoms with Gasteiger partial charge >= 0.3 is 0 Å². The van der Waals surface area contributed by atoms with Crippen molar-refractivity contribution in [2.45, 2.75) is 19.6 Å². The lowest BCUT2D eigenvalue weighted by Crippen LogP contribution is -2.16. The molecule has 0 aliphatic carbocycles. The lowest BCUT2D eigenvalue weighted by molar-refractivity contribution is 0.306. The van der Waals surface area contributed by atoms with E-state index in [1.165, 1.54) is 22.0 Å².